The van der Waals surface area contributed by atoms with Crippen LogP contribution in [0.1, 0.15) is 9.67 Å². The number of nitrogens with zero attached hydrogens (tertiary/aromatic N) is 1. The van der Waals surface area contributed by atoms with Crippen molar-refractivity contribution in [2.75, 3.05) is 56.8 Å². The van der Waals surface area contributed by atoms with E-state index >= 15 is 0 Å². The highest BCUT2D eigenvalue weighted by atomic mass is 32.1. The molecule has 4 rings (SSSR count). The van der Waals surface area contributed by atoms with Gasteiger partial charge in [0.1, 0.15) is 12.4 Å². The Hall–Kier alpha value is -2.87. The van der Waals surface area contributed by atoms with E-state index in [0.717, 1.165) is 40.7 Å². The number of anilines is 2. The number of ether oxygens (including phenoxy) is 3. The second-order valence-corrected chi connectivity index (χ2v) is 8.15. The Bertz CT molecular complexity index is 983. The van der Waals surface area contributed by atoms with E-state index in [-0.39, 0.29) is 5.91 Å². The fourth-order valence-corrected chi connectivity index (χ4v) is 4.52. The standard InChI is InChI=1S/C24H26N2O4S/c1-28-15-16-30-20-9-7-19(8-10-20)25-23(27)22-17-21(18-5-3-2-4-6-18)24(31-22)26-11-13-29-14-12-26/h2-10,17H,11-16H2,1H3,(H,25,27). The molecule has 3 aromatic rings. The summed E-state index contributed by atoms with van der Waals surface area (Å²) in [5.74, 6) is 0.627. The van der Waals surface area contributed by atoms with Gasteiger partial charge in [-0.25, -0.2) is 0 Å². The summed E-state index contributed by atoms with van der Waals surface area (Å²) in [4.78, 5) is 16.0. The largest absolute Gasteiger partial charge is 0.491 e. The third-order valence-corrected chi connectivity index (χ3v) is 6.18. The van der Waals surface area contributed by atoms with Crippen LogP contribution in [-0.2, 0) is 9.47 Å². The molecule has 0 saturated carbocycles. The summed E-state index contributed by atoms with van der Waals surface area (Å²) in [6.45, 7) is 4.08. The Morgan fingerprint density at radius 1 is 1.06 bits per heavy atom. The summed E-state index contributed by atoms with van der Waals surface area (Å²) in [6.07, 6.45) is 0. The minimum Gasteiger partial charge on any atom is -0.491 e. The highest BCUT2D eigenvalue weighted by Gasteiger charge is 2.22. The van der Waals surface area contributed by atoms with Crippen molar-refractivity contribution in [3.63, 3.8) is 0 Å². The molecule has 7 heteroatoms. The number of nitrogens with one attached hydrogen (secondary N) is 1. The summed E-state index contributed by atoms with van der Waals surface area (Å²) in [5.41, 5.74) is 2.92. The lowest BCUT2D eigenvalue weighted by Crippen LogP contribution is -2.35. The third-order valence-electron chi connectivity index (χ3n) is 4.99. The molecule has 1 saturated heterocycles. The van der Waals surface area contributed by atoms with Gasteiger partial charge in [0.05, 0.1) is 29.7 Å². The van der Waals surface area contributed by atoms with Crippen molar-refractivity contribution >= 4 is 27.9 Å². The average molecular weight is 439 g/mol. The first-order valence-electron chi connectivity index (χ1n) is 10.3. The Labute approximate surface area is 186 Å². The Balaban J connectivity index is 1.52. The van der Waals surface area contributed by atoms with Gasteiger partial charge in [-0.05, 0) is 35.9 Å². The molecule has 1 amide bonds. The molecule has 1 aliphatic rings. The number of amides is 1. The minimum absolute atomic E-state index is 0.116. The Morgan fingerprint density at radius 2 is 1.81 bits per heavy atom. The lowest BCUT2D eigenvalue weighted by molar-refractivity contribution is 0.103. The van der Waals surface area contributed by atoms with E-state index in [0.29, 0.717) is 31.3 Å². The maximum absolute atomic E-state index is 13.0. The number of thiophene rings is 1. The van der Waals surface area contributed by atoms with Crippen LogP contribution in [0.3, 0.4) is 0 Å². The molecular weight excluding hydrogens is 412 g/mol. The van der Waals surface area contributed by atoms with Gasteiger partial charge < -0.3 is 24.4 Å². The summed E-state index contributed by atoms with van der Waals surface area (Å²) >= 11 is 1.52. The van der Waals surface area contributed by atoms with E-state index in [4.69, 9.17) is 14.2 Å². The van der Waals surface area contributed by atoms with Gasteiger partial charge in [0.25, 0.3) is 5.91 Å². The van der Waals surface area contributed by atoms with Crippen molar-refractivity contribution < 1.29 is 19.0 Å². The average Bonchev–Trinajstić information content (AvgIpc) is 3.27. The zero-order valence-corrected chi connectivity index (χ0v) is 18.3. The first-order valence-corrected chi connectivity index (χ1v) is 11.1. The monoisotopic (exact) mass is 438 g/mol. The van der Waals surface area contributed by atoms with Gasteiger partial charge in [-0.2, -0.15) is 0 Å². The van der Waals surface area contributed by atoms with E-state index < -0.39 is 0 Å². The second-order valence-electron chi connectivity index (χ2n) is 7.11. The molecule has 0 bridgehead atoms. The normalized spacial score (nSPS) is 13.8. The van der Waals surface area contributed by atoms with Crippen LogP contribution < -0.4 is 15.0 Å². The van der Waals surface area contributed by atoms with Crippen molar-refractivity contribution in [2.45, 2.75) is 0 Å². The molecule has 2 heterocycles. The molecule has 162 valence electrons. The molecular formula is C24H26N2O4S. The fourth-order valence-electron chi connectivity index (χ4n) is 3.39. The van der Waals surface area contributed by atoms with Crippen LogP contribution in [0.15, 0.2) is 60.7 Å². The minimum atomic E-state index is -0.116. The van der Waals surface area contributed by atoms with Gasteiger partial charge in [-0.3, -0.25) is 4.79 Å². The zero-order chi connectivity index (χ0) is 21.5. The predicted molar refractivity (Wildman–Crippen MR) is 125 cm³/mol. The van der Waals surface area contributed by atoms with Crippen LogP contribution in [0, 0.1) is 0 Å². The summed E-state index contributed by atoms with van der Waals surface area (Å²) in [5, 5.41) is 4.11. The number of hydrogen-bond acceptors (Lipinski definition) is 6. The molecule has 1 aromatic heterocycles. The van der Waals surface area contributed by atoms with E-state index in [1.807, 2.05) is 48.5 Å². The van der Waals surface area contributed by atoms with Crippen molar-refractivity contribution in [1.82, 2.24) is 0 Å². The van der Waals surface area contributed by atoms with Gasteiger partial charge in [-0.1, -0.05) is 30.3 Å². The highest BCUT2D eigenvalue weighted by molar-refractivity contribution is 7.18. The van der Waals surface area contributed by atoms with Gasteiger partial charge in [0.15, 0.2) is 0 Å². The quantitative estimate of drug-likeness (QED) is 0.524. The molecule has 1 N–H and O–H groups in total. The molecule has 0 unspecified atom stereocenters. The maximum atomic E-state index is 13.0. The molecule has 0 atom stereocenters. The maximum Gasteiger partial charge on any atom is 0.265 e. The lowest BCUT2D eigenvalue weighted by Gasteiger charge is -2.28. The van der Waals surface area contributed by atoms with Crippen molar-refractivity contribution in [3.8, 4) is 16.9 Å². The van der Waals surface area contributed by atoms with Crippen molar-refractivity contribution in [3.05, 3.63) is 65.5 Å². The van der Waals surface area contributed by atoms with E-state index in [2.05, 4.69) is 22.3 Å². The highest BCUT2D eigenvalue weighted by Crippen LogP contribution is 2.39. The number of rotatable bonds is 8. The SMILES string of the molecule is COCCOc1ccc(NC(=O)c2cc(-c3ccccc3)c(N3CCOCC3)s2)cc1. The first kappa shape index (κ1) is 21.4. The zero-order valence-electron chi connectivity index (χ0n) is 17.5. The van der Waals surface area contributed by atoms with Gasteiger partial charge in [0.2, 0.25) is 0 Å². The van der Waals surface area contributed by atoms with E-state index in [1.54, 1.807) is 7.11 Å². The summed E-state index contributed by atoms with van der Waals surface area (Å²) in [7, 11) is 1.64. The van der Waals surface area contributed by atoms with E-state index in [1.165, 1.54) is 11.3 Å². The van der Waals surface area contributed by atoms with Crippen LogP contribution in [-0.4, -0.2) is 52.5 Å². The van der Waals surface area contributed by atoms with Gasteiger partial charge >= 0.3 is 0 Å². The van der Waals surface area contributed by atoms with E-state index in [9.17, 15) is 4.79 Å². The number of benzene rings is 2. The molecule has 31 heavy (non-hydrogen) atoms. The molecule has 0 spiro atoms. The topological polar surface area (TPSA) is 60.0 Å². The second kappa shape index (κ2) is 10.4. The molecule has 6 nitrogen and oxygen atoms in total. The summed E-state index contributed by atoms with van der Waals surface area (Å²) < 4.78 is 16.1. The number of carbonyl (C=O) groups is 1. The molecule has 2 aromatic carbocycles. The van der Waals surface area contributed by atoms with Gasteiger partial charge in [-0.15, -0.1) is 11.3 Å². The lowest BCUT2D eigenvalue weighted by atomic mass is 10.1. The molecule has 0 radical (unpaired) electrons. The van der Waals surface area contributed by atoms with Crippen LogP contribution in [0.4, 0.5) is 10.7 Å². The summed E-state index contributed by atoms with van der Waals surface area (Å²) in [6, 6.07) is 19.6. The molecule has 1 aliphatic heterocycles. The Kier molecular flexibility index (Phi) is 7.19. The van der Waals surface area contributed by atoms with Gasteiger partial charge in [0, 0.05) is 31.5 Å². The van der Waals surface area contributed by atoms with Crippen LogP contribution in [0.5, 0.6) is 5.75 Å². The molecule has 1 fully saturated rings. The third kappa shape index (κ3) is 5.44. The number of morpholine rings is 1. The van der Waals surface area contributed by atoms with Crippen LogP contribution in [0.2, 0.25) is 0 Å². The number of carbonyl (C=O) groups excluding carboxylic acids is 1. The Morgan fingerprint density at radius 3 is 2.52 bits per heavy atom. The number of methoxy groups -OCH3 is 1. The van der Waals surface area contributed by atoms with Crippen molar-refractivity contribution in [2.24, 2.45) is 0 Å². The van der Waals surface area contributed by atoms with Crippen LogP contribution >= 0.6 is 11.3 Å². The fraction of sp³-hybridized carbons (Fsp3) is 0.292. The first-order chi connectivity index (χ1) is 15.2. The number of hydrogen-bond donors (Lipinski definition) is 1. The van der Waals surface area contributed by atoms with Crippen LogP contribution in [0.25, 0.3) is 11.1 Å². The van der Waals surface area contributed by atoms with Crippen molar-refractivity contribution in [1.29, 1.82) is 0 Å². The predicted octanol–water partition coefficient (Wildman–Crippen LogP) is 4.53. The smallest absolute Gasteiger partial charge is 0.265 e. The molecule has 0 aliphatic carbocycles.